The Balaban J connectivity index is 1.99. The molecule has 27 heavy (non-hydrogen) atoms. The summed E-state index contributed by atoms with van der Waals surface area (Å²) in [6, 6.07) is 4.97. The van der Waals surface area contributed by atoms with Crippen LogP contribution in [-0.2, 0) is 16.1 Å². The summed E-state index contributed by atoms with van der Waals surface area (Å²) in [5.74, 6) is -1.75. The summed E-state index contributed by atoms with van der Waals surface area (Å²) in [4.78, 5) is 27.5. The van der Waals surface area contributed by atoms with Crippen LogP contribution in [0.5, 0.6) is 0 Å². The molecule has 146 valence electrons. The topological polar surface area (TPSA) is 86.0 Å². The van der Waals surface area contributed by atoms with Gasteiger partial charge in [-0.3, -0.25) is 14.5 Å². The Labute approximate surface area is 166 Å². The van der Waals surface area contributed by atoms with Crippen LogP contribution in [0.4, 0.5) is 0 Å². The maximum absolute atomic E-state index is 12.2. The van der Waals surface area contributed by atoms with E-state index >= 15 is 0 Å². The molecule has 1 aromatic carbocycles. The van der Waals surface area contributed by atoms with Gasteiger partial charge in [0.2, 0.25) is 0 Å². The number of likely N-dealkylation sites (N-methyl/N-ethyl adjacent to an activating group) is 1. The molecule has 1 fully saturated rings. The van der Waals surface area contributed by atoms with Gasteiger partial charge in [-0.2, -0.15) is 0 Å². The summed E-state index contributed by atoms with van der Waals surface area (Å²) in [6.45, 7) is 6.48. The largest absolute Gasteiger partial charge is 0.481 e. The molecule has 1 aliphatic heterocycles. The number of aryl methyl sites for hydroxylation is 1. The first-order valence-electron chi connectivity index (χ1n) is 9.10. The third-order valence-electron chi connectivity index (χ3n) is 5.19. The first kappa shape index (κ1) is 19.9. The van der Waals surface area contributed by atoms with Gasteiger partial charge in [0.25, 0.3) is 0 Å². The second-order valence-electron chi connectivity index (χ2n) is 6.79. The first-order chi connectivity index (χ1) is 12.9. The highest BCUT2D eigenvalue weighted by Crippen LogP contribution is 2.33. The summed E-state index contributed by atoms with van der Waals surface area (Å²) in [5.41, 5.74) is 1.57. The van der Waals surface area contributed by atoms with E-state index in [-0.39, 0.29) is 6.42 Å². The molecule has 2 N–H and O–H groups in total. The van der Waals surface area contributed by atoms with Gasteiger partial charge in [-0.1, -0.05) is 28.9 Å². The van der Waals surface area contributed by atoms with Gasteiger partial charge in [0.05, 0.1) is 6.42 Å². The predicted molar refractivity (Wildman–Crippen MR) is 106 cm³/mol. The second kappa shape index (κ2) is 8.41. The second-order valence-corrected chi connectivity index (χ2v) is 7.71. The number of carboxylic acids is 2. The third kappa shape index (κ3) is 4.34. The van der Waals surface area contributed by atoms with E-state index in [2.05, 4.69) is 27.8 Å². The van der Waals surface area contributed by atoms with E-state index < -0.39 is 18.0 Å². The minimum Gasteiger partial charge on any atom is -0.481 e. The van der Waals surface area contributed by atoms with Crippen LogP contribution in [-0.4, -0.2) is 69.2 Å². The van der Waals surface area contributed by atoms with E-state index in [4.69, 9.17) is 5.11 Å². The lowest BCUT2D eigenvalue weighted by atomic mass is 10.0. The summed E-state index contributed by atoms with van der Waals surface area (Å²) in [5, 5.41) is 19.9. The molecule has 1 saturated heterocycles. The van der Waals surface area contributed by atoms with Crippen molar-refractivity contribution < 1.29 is 19.8 Å². The Morgan fingerprint density at radius 2 is 1.89 bits per heavy atom. The number of rotatable bonds is 7. The van der Waals surface area contributed by atoms with Gasteiger partial charge in [0.1, 0.15) is 6.04 Å². The Bertz CT molecular complexity index is 843. The van der Waals surface area contributed by atoms with Gasteiger partial charge in [0, 0.05) is 59.9 Å². The van der Waals surface area contributed by atoms with E-state index in [0.29, 0.717) is 19.6 Å². The van der Waals surface area contributed by atoms with Crippen molar-refractivity contribution in [3.8, 4) is 0 Å². The average molecular weight is 438 g/mol. The number of fused-ring (bicyclic) bond motifs is 1. The molecule has 1 aliphatic rings. The first-order valence-corrected chi connectivity index (χ1v) is 9.89. The Kier molecular flexibility index (Phi) is 6.18. The monoisotopic (exact) mass is 437 g/mol. The number of hydrogen-bond acceptors (Lipinski definition) is 4. The molecule has 1 aromatic heterocycles. The summed E-state index contributed by atoms with van der Waals surface area (Å²) in [6.07, 6.45) is 1.80. The van der Waals surface area contributed by atoms with Crippen LogP contribution in [0, 0.1) is 0 Å². The van der Waals surface area contributed by atoms with E-state index in [1.165, 1.54) is 0 Å². The van der Waals surface area contributed by atoms with E-state index in [0.717, 1.165) is 40.6 Å². The molecule has 0 saturated carbocycles. The van der Waals surface area contributed by atoms with Crippen molar-refractivity contribution in [1.82, 2.24) is 14.4 Å². The Morgan fingerprint density at radius 3 is 2.48 bits per heavy atom. The molecule has 7 nitrogen and oxygen atoms in total. The fourth-order valence-electron chi connectivity index (χ4n) is 3.74. The summed E-state index contributed by atoms with van der Waals surface area (Å²) in [7, 11) is 0. The number of hydrogen-bond donors (Lipinski definition) is 2. The lowest BCUT2D eigenvalue weighted by Crippen LogP contribution is -2.49. The van der Waals surface area contributed by atoms with Crippen molar-refractivity contribution in [2.45, 2.75) is 25.9 Å². The number of carbonyl (C=O) groups is 2. The molecule has 0 amide bonds. The molecule has 0 radical (unpaired) electrons. The molecule has 1 atom stereocenters. The lowest BCUT2D eigenvalue weighted by Gasteiger charge is -2.37. The molecule has 2 heterocycles. The normalized spacial score (nSPS) is 17.3. The average Bonchev–Trinajstić information content (AvgIpc) is 2.98. The predicted octanol–water partition coefficient (Wildman–Crippen LogP) is 2.64. The molecule has 8 heteroatoms. The van der Waals surface area contributed by atoms with Crippen LogP contribution in [0.1, 0.15) is 24.9 Å². The van der Waals surface area contributed by atoms with Gasteiger partial charge in [-0.05, 0) is 18.7 Å². The van der Waals surface area contributed by atoms with Gasteiger partial charge < -0.3 is 19.7 Å². The SMILES string of the molecule is CCN1CCN([C@@H](C(=O)O)c2cn(CCC(=O)O)c3cc(Br)ccc23)CC1. The smallest absolute Gasteiger partial charge is 0.325 e. The van der Waals surface area contributed by atoms with Crippen LogP contribution < -0.4 is 0 Å². The van der Waals surface area contributed by atoms with Crippen molar-refractivity contribution in [2.75, 3.05) is 32.7 Å². The summed E-state index contributed by atoms with van der Waals surface area (Å²) < 4.78 is 2.72. The number of nitrogens with zero attached hydrogens (tertiary/aromatic N) is 3. The molecule has 2 aromatic rings. The molecule has 3 rings (SSSR count). The zero-order valence-corrected chi connectivity index (χ0v) is 16.9. The zero-order valence-electron chi connectivity index (χ0n) is 15.3. The Morgan fingerprint density at radius 1 is 1.19 bits per heavy atom. The molecule has 0 spiro atoms. The quantitative estimate of drug-likeness (QED) is 0.692. The van der Waals surface area contributed by atoms with Crippen LogP contribution >= 0.6 is 15.9 Å². The van der Waals surface area contributed by atoms with Crippen LogP contribution in [0.15, 0.2) is 28.9 Å². The van der Waals surface area contributed by atoms with E-state index in [1.807, 2.05) is 33.9 Å². The molecular weight excluding hydrogens is 414 g/mol. The van der Waals surface area contributed by atoms with E-state index in [9.17, 15) is 14.7 Å². The van der Waals surface area contributed by atoms with Gasteiger partial charge in [0.15, 0.2) is 0 Å². The Hall–Kier alpha value is -1.90. The van der Waals surface area contributed by atoms with Crippen molar-refractivity contribution in [2.24, 2.45) is 0 Å². The maximum atomic E-state index is 12.2. The van der Waals surface area contributed by atoms with Crippen molar-refractivity contribution >= 4 is 38.8 Å². The number of aromatic nitrogens is 1. The highest BCUT2D eigenvalue weighted by Gasteiger charge is 2.32. The number of halogens is 1. The van der Waals surface area contributed by atoms with Gasteiger partial charge >= 0.3 is 11.9 Å². The number of aliphatic carboxylic acids is 2. The van der Waals surface area contributed by atoms with Gasteiger partial charge in [-0.25, -0.2) is 0 Å². The lowest BCUT2D eigenvalue weighted by molar-refractivity contribution is -0.144. The molecular formula is C19H24BrN3O4. The summed E-state index contributed by atoms with van der Waals surface area (Å²) >= 11 is 3.45. The molecule has 0 unspecified atom stereocenters. The third-order valence-corrected chi connectivity index (χ3v) is 5.68. The van der Waals surface area contributed by atoms with Crippen molar-refractivity contribution in [3.05, 3.63) is 34.4 Å². The maximum Gasteiger partial charge on any atom is 0.325 e. The van der Waals surface area contributed by atoms with Crippen molar-refractivity contribution in [3.63, 3.8) is 0 Å². The highest BCUT2D eigenvalue weighted by atomic mass is 79.9. The standard InChI is InChI=1S/C19H24BrN3O4/c1-2-21-7-9-22(10-8-21)18(19(26)27)15-12-23(6-5-17(24)25)16-11-13(20)3-4-14(15)16/h3-4,11-12,18H,2,5-10H2,1H3,(H,24,25)(H,26,27)/t18-/m1/s1. The fourth-order valence-corrected chi connectivity index (χ4v) is 4.09. The van der Waals surface area contributed by atoms with Crippen LogP contribution in [0.25, 0.3) is 10.9 Å². The number of carboxylic acid groups (broad SMARTS) is 2. The van der Waals surface area contributed by atoms with Crippen LogP contribution in [0.2, 0.25) is 0 Å². The number of benzene rings is 1. The number of piperazine rings is 1. The highest BCUT2D eigenvalue weighted by molar-refractivity contribution is 9.10. The fraction of sp³-hybridized carbons (Fsp3) is 0.474. The zero-order chi connectivity index (χ0) is 19.6. The minimum atomic E-state index is -0.876. The van der Waals surface area contributed by atoms with Crippen LogP contribution in [0.3, 0.4) is 0 Å². The molecule has 0 aliphatic carbocycles. The van der Waals surface area contributed by atoms with Crippen molar-refractivity contribution in [1.29, 1.82) is 0 Å². The van der Waals surface area contributed by atoms with Gasteiger partial charge in [-0.15, -0.1) is 0 Å². The minimum absolute atomic E-state index is 0.0113. The van der Waals surface area contributed by atoms with E-state index in [1.54, 1.807) is 0 Å². The molecule has 0 bridgehead atoms.